The van der Waals surface area contributed by atoms with Crippen molar-refractivity contribution in [3.63, 3.8) is 0 Å². The lowest BCUT2D eigenvalue weighted by Crippen LogP contribution is -2.28. The van der Waals surface area contributed by atoms with Crippen LogP contribution in [0.2, 0.25) is 0 Å². The molecule has 2 aliphatic rings. The molecular weight excluding hydrogens is 797 g/mol. The van der Waals surface area contributed by atoms with Gasteiger partial charge in [-0.2, -0.15) is 5.26 Å². The molecule has 1 aliphatic carbocycles. The van der Waals surface area contributed by atoms with Crippen molar-refractivity contribution < 1.29 is 9.47 Å². The Morgan fingerprint density at radius 2 is 0.892 bits per heavy atom. The molecule has 0 unspecified atom stereocenters. The van der Waals surface area contributed by atoms with Gasteiger partial charge in [0, 0.05) is 27.8 Å². The van der Waals surface area contributed by atoms with Crippen LogP contribution in [0, 0.1) is 11.3 Å². The average Bonchev–Trinajstić information content (AvgIpc) is 3.70. The predicted molar refractivity (Wildman–Crippen MR) is 256 cm³/mol. The Bertz CT molecular complexity index is 3470. The van der Waals surface area contributed by atoms with E-state index in [0.717, 1.165) is 55.6 Å². The zero-order chi connectivity index (χ0) is 43.3. The van der Waals surface area contributed by atoms with E-state index in [0.29, 0.717) is 46.0 Å². The van der Waals surface area contributed by atoms with Crippen molar-refractivity contribution in [2.45, 2.75) is 5.41 Å². The lowest BCUT2D eigenvalue weighted by molar-refractivity contribution is 0.361. The second-order valence-corrected chi connectivity index (χ2v) is 16.2. The summed E-state index contributed by atoms with van der Waals surface area (Å²) < 4.78 is 14.1. The van der Waals surface area contributed by atoms with Crippen LogP contribution in [-0.2, 0) is 5.41 Å². The van der Waals surface area contributed by atoms with Crippen LogP contribution >= 0.6 is 0 Å². The summed E-state index contributed by atoms with van der Waals surface area (Å²) in [6, 6.07) is 76.5. The third-order valence-corrected chi connectivity index (χ3v) is 12.5. The van der Waals surface area contributed by atoms with Gasteiger partial charge < -0.3 is 9.47 Å². The number of ether oxygens (including phenoxy) is 2. The lowest BCUT2D eigenvalue weighted by Gasteiger charge is -2.34. The summed E-state index contributed by atoms with van der Waals surface area (Å²) in [5.41, 5.74) is 13.0. The molecule has 0 fully saturated rings. The van der Waals surface area contributed by atoms with Gasteiger partial charge in [0.05, 0.1) is 17.0 Å². The average molecular weight is 833 g/mol. The van der Waals surface area contributed by atoms with Crippen molar-refractivity contribution >= 4 is 0 Å². The number of fused-ring (bicyclic) bond motifs is 6. The van der Waals surface area contributed by atoms with Gasteiger partial charge in [0.1, 0.15) is 0 Å². The monoisotopic (exact) mass is 832 g/mol. The topological polar surface area (TPSA) is 80.9 Å². The van der Waals surface area contributed by atoms with E-state index in [1.54, 1.807) is 0 Å². The fourth-order valence-electron chi connectivity index (χ4n) is 9.66. The SMILES string of the molecule is N#Cc1cccc(-c2cccc(-c3nc(-c4ccccc4)nc(-c4ccccc4-c4cccc5c4Oc4ccc6c(c4O5)-c4ccccc4C6(c4ccccc4)c4ccccc4)n3)c2)c1. The van der Waals surface area contributed by atoms with E-state index in [2.05, 4.69) is 121 Å². The molecule has 10 aromatic rings. The van der Waals surface area contributed by atoms with Crippen LogP contribution in [0.15, 0.2) is 218 Å². The minimum absolute atomic E-state index is 0.517. The number of hydrogen-bond acceptors (Lipinski definition) is 6. The molecule has 6 nitrogen and oxygen atoms in total. The van der Waals surface area contributed by atoms with Gasteiger partial charge in [0.25, 0.3) is 0 Å². The van der Waals surface area contributed by atoms with Gasteiger partial charge in [-0.3, -0.25) is 0 Å². The van der Waals surface area contributed by atoms with E-state index >= 15 is 0 Å². The standard InChI is InChI=1S/C59H36N4O2/c60-37-38-17-14-20-40(35-38)41-21-15-22-42(36-41)57-61-56(39-18-4-1-5-19-39)62-58(63-57)47-28-11-10-27-45(47)46-30-16-32-51-54(46)64-52-34-33-50-53(55(52)65-51)48-29-12-13-31-49(48)59(50,43-23-6-2-7-24-43)44-25-8-3-9-26-44/h1-36H. The third kappa shape index (κ3) is 6.21. The van der Waals surface area contributed by atoms with Gasteiger partial charge in [0.15, 0.2) is 40.5 Å². The highest BCUT2D eigenvalue weighted by molar-refractivity contribution is 5.93. The summed E-state index contributed by atoms with van der Waals surface area (Å²) in [6.45, 7) is 0. The van der Waals surface area contributed by atoms with Crippen molar-refractivity contribution in [3.8, 4) is 96.6 Å². The molecule has 9 aromatic carbocycles. The molecule has 0 saturated carbocycles. The second kappa shape index (κ2) is 15.5. The van der Waals surface area contributed by atoms with Gasteiger partial charge in [-0.1, -0.05) is 188 Å². The number of para-hydroxylation sites is 1. The van der Waals surface area contributed by atoms with Gasteiger partial charge in [-0.05, 0) is 74.8 Å². The maximum absolute atomic E-state index is 9.60. The molecule has 0 bridgehead atoms. The Kier molecular flexibility index (Phi) is 8.99. The third-order valence-electron chi connectivity index (χ3n) is 12.5. The van der Waals surface area contributed by atoms with E-state index in [1.807, 2.05) is 103 Å². The molecule has 1 aliphatic heterocycles. The molecule has 0 atom stereocenters. The molecule has 12 rings (SSSR count). The number of aromatic nitrogens is 3. The largest absolute Gasteiger partial charge is 0.449 e. The fraction of sp³-hybridized carbons (Fsp3) is 0.0169. The van der Waals surface area contributed by atoms with Gasteiger partial charge in [0.2, 0.25) is 0 Å². The minimum Gasteiger partial charge on any atom is -0.449 e. The van der Waals surface area contributed by atoms with Gasteiger partial charge in [-0.25, -0.2) is 15.0 Å². The normalized spacial score (nSPS) is 12.7. The molecule has 2 heterocycles. The summed E-state index contributed by atoms with van der Waals surface area (Å²) >= 11 is 0. The lowest BCUT2D eigenvalue weighted by atomic mass is 9.68. The maximum Gasteiger partial charge on any atom is 0.178 e. The Morgan fingerprint density at radius 3 is 1.63 bits per heavy atom. The highest BCUT2D eigenvalue weighted by atomic mass is 16.6. The molecule has 0 radical (unpaired) electrons. The quantitative estimate of drug-likeness (QED) is 0.159. The van der Waals surface area contributed by atoms with E-state index in [-0.39, 0.29) is 0 Å². The van der Waals surface area contributed by atoms with Gasteiger partial charge >= 0.3 is 0 Å². The summed E-state index contributed by atoms with van der Waals surface area (Å²) in [4.78, 5) is 15.3. The van der Waals surface area contributed by atoms with Crippen molar-refractivity contribution in [2.75, 3.05) is 0 Å². The van der Waals surface area contributed by atoms with Crippen LogP contribution in [-0.4, -0.2) is 15.0 Å². The fourth-order valence-corrected chi connectivity index (χ4v) is 9.66. The molecule has 0 N–H and O–H groups in total. The maximum atomic E-state index is 9.60. The van der Waals surface area contributed by atoms with Crippen LogP contribution in [0.1, 0.15) is 27.8 Å². The first-order chi connectivity index (χ1) is 32.2. The van der Waals surface area contributed by atoms with Crippen molar-refractivity contribution in [2.24, 2.45) is 0 Å². The first-order valence-corrected chi connectivity index (χ1v) is 21.6. The Balaban J connectivity index is 0.988. The van der Waals surface area contributed by atoms with Crippen LogP contribution in [0.3, 0.4) is 0 Å². The van der Waals surface area contributed by atoms with Crippen LogP contribution in [0.4, 0.5) is 0 Å². The Labute approximate surface area is 376 Å². The first-order valence-electron chi connectivity index (χ1n) is 21.6. The molecule has 0 spiro atoms. The van der Waals surface area contributed by atoms with Crippen LogP contribution in [0.25, 0.3) is 67.5 Å². The van der Waals surface area contributed by atoms with Gasteiger partial charge in [-0.15, -0.1) is 0 Å². The summed E-state index contributed by atoms with van der Waals surface area (Å²) in [7, 11) is 0. The van der Waals surface area contributed by atoms with E-state index in [1.165, 1.54) is 16.7 Å². The van der Waals surface area contributed by atoms with Crippen LogP contribution in [0.5, 0.6) is 23.0 Å². The number of rotatable bonds is 7. The molecule has 65 heavy (non-hydrogen) atoms. The zero-order valence-electron chi connectivity index (χ0n) is 34.9. The molecule has 0 saturated heterocycles. The van der Waals surface area contributed by atoms with E-state index < -0.39 is 5.41 Å². The van der Waals surface area contributed by atoms with Crippen LogP contribution < -0.4 is 9.47 Å². The molecule has 1 aromatic heterocycles. The van der Waals surface area contributed by atoms with Crippen molar-refractivity contribution in [1.29, 1.82) is 5.26 Å². The Morgan fingerprint density at radius 1 is 0.369 bits per heavy atom. The molecular formula is C59H36N4O2. The summed E-state index contributed by atoms with van der Waals surface area (Å²) in [5.74, 6) is 4.16. The number of nitriles is 1. The van der Waals surface area contributed by atoms with E-state index in [4.69, 9.17) is 24.4 Å². The predicted octanol–water partition coefficient (Wildman–Crippen LogP) is 14.3. The molecule has 304 valence electrons. The highest BCUT2D eigenvalue weighted by Crippen LogP contribution is 2.63. The Hall–Kier alpha value is -8.92. The smallest absolute Gasteiger partial charge is 0.178 e. The number of benzene rings is 9. The summed E-state index contributed by atoms with van der Waals surface area (Å²) in [5, 5.41) is 9.60. The number of hydrogen-bond donors (Lipinski definition) is 0. The molecule has 0 amide bonds. The first kappa shape index (κ1) is 37.8. The van der Waals surface area contributed by atoms with E-state index in [9.17, 15) is 5.26 Å². The second-order valence-electron chi connectivity index (χ2n) is 16.2. The zero-order valence-corrected chi connectivity index (χ0v) is 34.9. The molecule has 6 heteroatoms. The highest BCUT2D eigenvalue weighted by Gasteiger charge is 2.48. The van der Waals surface area contributed by atoms with Crippen molar-refractivity contribution in [3.05, 3.63) is 246 Å². The summed E-state index contributed by atoms with van der Waals surface area (Å²) in [6.07, 6.45) is 0. The number of nitrogens with zero attached hydrogens (tertiary/aromatic N) is 4. The van der Waals surface area contributed by atoms with Crippen molar-refractivity contribution in [1.82, 2.24) is 15.0 Å². The minimum atomic E-state index is -0.570.